The zero-order valence-electron chi connectivity index (χ0n) is 17.8. The van der Waals surface area contributed by atoms with Crippen LogP contribution in [0, 0.1) is 0 Å². The van der Waals surface area contributed by atoms with Crippen LogP contribution in [0.5, 0.6) is 0 Å². The molecule has 5 nitrogen and oxygen atoms in total. The van der Waals surface area contributed by atoms with Crippen LogP contribution in [-0.4, -0.2) is 49.7 Å². The van der Waals surface area contributed by atoms with Gasteiger partial charge in [0.15, 0.2) is 0 Å². The van der Waals surface area contributed by atoms with Crippen molar-refractivity contribution in [3.05, 3.63) is 102 Å². The van der Waals surface area contributed by atoms with E-state index in [-0.39, 0.29) is 11.7 Å². The first-order chi connectivity index (χ1) is 15.5. The topological polar surface area (TPSA) is 57.7 Å². The third kappa shape index (κ3) is 5.79. The molecule has 0 unspecified atom stereocenters. The van der Waals surface area contributed by atoms with Crippen LogP contribution in [0.3, 0.4) is 0 Å². The van der Waals surface area contributed by atoms with Crippen molar-refractivity contribution in [2.45, 2.75) is 16.4 Å². The van der Waals surface area contributed by atoms with Crippen LogP contribution in [-0.2, 0) is 21.5 Å². The smallest absolute Gasteiger partial charge is 0.253 e. The van der Waals surface area contributed by atoms with E-state index in [0.29, 0.717) is 31.7 Å². The molecule has 0 saturated carbocycles. The Balaban J connectivity index is 1.30. The van der Waals surface area contributed by atoms with E-state index >= 15 is 0 Å². The van der Waals surface area contributed by atoms with Gasteiger partial charge in [0.1, 0.15) is 0 Å². The first-order valence-corrected chi connectivity index (χ1v) is 13.2. The monoisotopic (exact) mass is 466 g/mol. The van der Waals surface area contributed by atoms with Crippen molar-refractivity contribution in [2.75, 3.05) is 26.2 Å². The van der Waals surface area contributed by atoms with E-state index < -0.39 is 10.0 Å². The molecule has 1 aliphatic rings. The van der Waals surface area contributed by atoms with Crippen LogP contribution < -0.4 is 0 Å². The molecule has 32 heavy (non-hydrogen) atoms. The Hall–Kier alpha value is -2.61. The van der Waals surface area contributed by atoms with E-state index in [1.165, 1.54) is 9.87 Å². The Labute approximate surface area is 194 Å². The van der Waals surface area contributed by atoms with Gasteiger partial charge in [-0.25, -0.2) is 8.42 Å². The van der Waals surface area contributed by atoms with Crippen molar-refractivity contribution >= 4 is 27.7 Å². The predicted octanol–water partition coefficient (Wildman–Crippen LogP) is 4.27. The Morgan fingerprint density at radius 3 is 1.91 bits per heavy atom. The number of carbonyl (C=O) groups excluding carboxylic acids is 1. The fraction of sp³-hybridized carbons (Fsp3) is 0.240. The molecule has 3 aromatic rings. The molecule has 166 valence electrons. The molecule has 0 atom stereocenters. The number of sulfonamides is 1. The average molecular weight is 467 g/mol. The van der Waals surface area contributed by atoms with Gasteiger partial charge in [-0.3, -0.25) is 4.79 Å². The summed E-state index contributed by atoms with van der Waals surface area (Å²) in [6.07, 6.45) is 0. The van der Waals surface area contributed by atoms with Crippen LogP contribution in [0.25, 0.3) is 0 Å². The SMILES string of the molecule is O=C(c1ccc(SCc2ccccc2)cc1)N1CCN(S(=O)(=O)Cc2ccccc2)CC1. The molecule has 4 rings (SSSR count). The van der Waals surface area contributed by atoms with Crippen LogP contribution in [0.15, 0.2) is 89.8 Å². The van der Waals surface area contributed by atoms with Gasteiger partial charge in [-0.05, 0) is 35.4 Å². The second-order valence-corrected chi connectivity index (χ2v) is 10.7. The highest BCUT2D eigenvalue weighted by atomic mass is 32.2. The molecule has 0 N–H and O–H groups in total. The molecular formula is C25H26N2O3S2. The van der Waals surface area contributed by atoms with Gasteiger partial charge in [0.05, 0.1) is 5.75 Å². The molecular weight excluding hydrogens is 440 g/mol. The summed E-state index contributed by atoms with van der Waals surface area (Å²) in [6.45, 7) is 1.45. The summed E-state index contributed by atoms with van der Waals surface area (Å²) in [7, 11) is -3.39. The zero-order valence-corrected chi connectivity index (χ0v) is 19.4. The molecule has 7 heteroatoms. The lowest BCUT2D eigenvalue weighted by atomic mass is 10.2. The number of hydrogen-bond donors (Lipinski definition) is 0. The highest BCUT2D eigenvalue weighted by molar-refractivity contribution is 7.98. The Morgan fingerprint density at radius 1 is 0.750 bits per heavy atom. The third-order valence-corrected chi connectivity index (χ3v) is 8.39. The maximum Gasteiger partial charge on any atom is 0.253 e. The second kappa shape index (κ2) is 10.3. The minimum Gasteiger partial charge on any atom is -0.336 e. The van der Waals surface area contributed by atoms with E-state index in [2.05, 4.69) is 12.1 Å². The van der Waals surface area contributed by atoms with Crippen molar-refractivity contribution in [2.24, 2.45) is 0 Å². The number of hydrogen-bond acceptors (Lipinski definition) is 4. The van der Waals surface area contributed by atoms with Crippen LogP contribution >= 0.6 is 11.8 Å². The molecule has 1 saturated heterocycles. The van der Waals surface area contributed by atoms with Crippen molar-refractivity contribution in [3.63, 3.8) is 0 Å². The highest BCUT2D eigenvalue weighted by Gasteiger charge is 2.29. The van der Waals surface area contributed by atoms with Crippen LogP contribution in [0.2, 0.25) is 0 Å². The van der Waals surface area contributed by atoms with Crippen LogP contribution in [0.4, 0.5) is 0 Å². The summed E-state index contributed by atoms with van der Waals surface area (Å²) in [5, 5.41) is 0. The highest BCUT2D eigenvalue weighted by Crippen LogP contribution is 2.23. The number of amides is 1. The lowest BCUT2D eigenvalue weighted by Crippen LogP contribution is -2.50. The second-order valence-electron chi connectivity index (χ2n) is 7.73. The quantitative estimate of drug-likeness (QED) is 0.488. The molecule has 0 aromatic heterocycles. The summed E-state index contributed by atoms with van der Waals surface area (Å²) in [4.78, 5) is 15.7. The Bertz CT molecular complexity index is 1130. The van der Waals surface area contributed by atoms with Gasteiger partial charge in [-0.1, -0.05) is 60.7 Å². The average Bonchev–Trinajstić information content (AvgIpc) is 2.84. The minimum absolute atomic E-state index is 0.0100. The zero-order chi connectivity index (χ0) is 22.4. The van der Waals surface area contributed by atoms with Crippen molar-refractivity contribution in [1.82, 2.24) is 9.21 Å². The predicted molar refractivity (Wildman–Crippen MR) is 129 cm³/mol. The van der Waals surface area contributed by atoms with Gasteiger partial charge in [-0.2, -0.15) is 4.31 Å². The largest absolute Gasteiger partial charge is 0.336 e. The van der Waals surface area contributed by atoms with E-state index in [4.69, 9.17) is 0 Å². The number of benzene rings is 3. The van der Waals surface area contributed by atoms with E-state index in [1.54, 1.807) is 16.7 Å². The lowest BCUT2D eigenvalue weighted by molar-refractivity contribution is 0.0697. The molecule has 3 aromatic carbocycles. The maximum atomic E-state index is 12.9. The fourth-order valence-corrected chi connectivity index (χ4v) is 6.03. The van der Waals surface area contributed by atoms with Crippen molar-refractivity contribution in [1.29, 1.82) is 0 Å². The number of carbonyl (C=O) groups is 1. The molecule has 0 bridgehead atoms. The van der Waals surface area contributed by atoms with Gasteiger partial charge in [0, 0.05) is 42.4 Å². The molecule has 0 spiro atoms. The maximum absolute atomic E-state index is 12.9. The summed E-state index contributed by atoms with van der Waals surface area (Å²) >= 11 is 1.73. The molecule has 1 fully saturated rings. The van der Waals surface area contributed by atoms with E-state index in [1.807, 2.05) is 72.8 Å². The first kappa shape index (κ1) is 22.6. The summed E-state index contributed by atoms with van der Waals surface area (Å²) in [5.41, 5.74) is 2.67. The van der Waals surface area contributed by atoms with Crippen molar-refractivity contribution < 1.29 is 13.2 Å². The molecule has 1 amide bonds. The van der Waals surface area contributed by atoms with Crippen LogP contribution in [0.1, 0.15) is 21.5 Å². The van der Waals surface area contributed by atoms with Gasteiger partial charge < -0.3 is 4.90 Å². The van der Waals surface area contributed by atoms with Gasteiger partial charge in [0.2, 0.25) is 10.0 Å². The lowest BCUT2D eigenvalue weighted by Gasteiger charge is -2.34. The van der Waals surface area contributed by atoms with E-state index in [0.717, 1.165) is 16.2 Å². The first-order valence-electron chi connectivity index (χ1n) is 10.6. The van der Waals surface area contributed by atoms with E-state index in [9.17, 15) is 13.2 Å². The Kier molecular flexibility index (Phi) is 7.29. The van der Waals surface area contributed by atoms with Crippen molar-refractivity contribution in [3.8, 4) is 0 Å². The minimum atomic E-state index is -3.39. The number of rotatable bonds is 7. The third-order valence-electron chi connectivity index (χ3n) is 5.46. The number of piperazine rings is 1. The van der Waals surface area contributed by atoms with Gasteiger partial charge >= 0.3 is 0 Å². The van der Waals surface area contributed by atoms with Gasteiger partial charge in [-0.15, -0.1) is 11.8 Å². The molecule has 0 radical (unpaired) electrons. The molecule has 1 aliphatic heterocycles. The number of nitrogens with zero attached hydrogens (tertiary/aromatic N) is 2. The summed E-state index contributed by atoms with van der Waals surface area (Å²) < 4.78 is 26.9. The van der Waals surface area contributed by atoms with Gasteiger partial charge in [0.25, 0.3) is 5.91 Å². The molecule has 1 heterocycles. The number of thioether (sulfide) groups is 1. The normalized spacial score (nSPS) is 14.9. The Morgan fingerprint density at radius 2 is 1.31 bits per heavy atom. The molecule has 0 aliphatic carbocycles. The standard InChI is InChI=1S/C25H26N2O3S2/c28-25(23-11-13-24(14-12-23)31-19-21-7-3-1-4-8-21)26-15-17-27(18-16-26)32(29,30)20-22-9-5-2-6-10-22/h1-14H,15-20H2. The fourth-order valence-electron chi connectivity index (χ4n) is 3.66. The summed E-state index contributed by atoms with van der Waals surface area (Å²) in [6, 6.07) is 27.1. The summed E-state index contributed by atoms with van der Waals surface area (Å²) in [5.74, 6) is 0.821.